The van der Waals surface area contributed by atoms with Crippen molar-refractivity contribution in [1.82, 2.24) is 10.3 Å². The number of rotatable bonds is 7. The van der Waals surface area contributed by atoms with Gasteiger partial charge in [-0.05, 0) is 18.6 Å². The average Bonchev–Trinajstić information content (AvgIpc) is 2.39. The third-order valence-electron chi connectivity index (χ3n) is 2.55. The van der Waals surface area contributed by atoms with Gasteiger partial charge in [-0.3, -0.25) is 0 Å². The third kappa shape index (κ3) is 6.03. The number of hydrogen-bond acceptors (Lipinski definition) is 4. The second kappa shape index (κ2) is 8.29. The first kappa shape index (κ1) is 15.2. The topological polar surface area (TPSA) is 54.5 Å². The number of ether oxygens (including phenoxy) is 1. The van der Waals surface area contributed by atoms with Crippen LogP contribution >= 0.6 is 0 Å². The first-order valence-electron chi connectivity index (χ1n) is 6.36. The minimum Gasteiger partial charge on any atom is -0.450 e. The first-order chi connectivity index (χ1) is 9.13. The quantitative estimate of drug-likeness (QED) is 0.771. The van der Waals surface area contributed by atoms with Crippen molar-refractivity contribution in [2.75, 3.05) is 31.6 Å². The van der Waals surface area contributed by atoms with Crippen LogP contribution in [0.3, 0.4) is 0 Å². The van der Waals surface area contributed by atoms with E-state index in [1.54, 1.807) is 6.07 Å². The van der Waals surface area contributed by atoms with E-state index in [0.29, 0.717) is 25.5 Å². The van der Waals surface area contributed by atoms with Crippen LogP contribution in [0, 0.1) is 5.82 Å². The number of aromatic nitrogens is 1. The van der Waals surface area contributed by atoms with E-state index in [2.05, 4.69) is 10.3 Å². The number of halogens is 1. The van der Waals surface area contributed by atoms with Crippen LogP contribution in [0.1, 0.15) is 19.8 Å². The minimum atomic E-state index is -0.408. The number of pyridine rings is 1. The Bertz CT molecular complexity index is 384. The van der Waals surface area contributed by atoms with Gasteiger partial charge in [0.25, 0.3) is 0 Å². The fraction of sp³-hybridized carbons (Fsp3) is 0.538. The van der Waals surface area contributed by atoms with Gasteiger partial charge in [-0.1, -0.05) is 13.3 Å². The molecule has 0 radical (unpaired) electrons. The first-order valence-corrected chi connectivity index (χ1v) is 6.36. The monoisotopic (exact) mass is 269 g/mol. The van der Waals surface area contributed by atoms with Gasteiger partial charge in [0.15, 0.2) is 0 Å². The van der Waals surface area contributed by atoms with Crippen molar-refractivity contribution in [3.8, 4) is 0 Å². The zero-order valence-corrected chi connectivity index (χ0v) is 11.4. The molecule has 0 unspecified atom stereocenters. The summed E-state index contributed by atoms with van der Waals surface area (Å²) >= 11 is 0. The molecule has 1 aromatic heterocycles. The van der Waals surface area contributed by atoms with Gasteiger partial charge in [-0.25, -0.2) is 14.2 Å². The number of unbranched alkanes of at least 4 members (excludes halogenated alkanes) is 1. The SMILES string of the molecule is CCCCOC(=O)NCCN(C)c1ccc(F)cn1. The van der Waals surface area contributed by atoms with E-state index in [1.807, 2.05) is 18.9 Å². The molecule has 1 heterocycles. The Morgan fingerprint density at radius 2 is 2.32 bits per heavy atom. The molecule has 5 nitrogen and oxygen atoms in total. The van der Waals surface area contributed by atoms with Crippen LogP contribution in [0.5, 0.6) is 0 Å². The normalized spacial score (nSPS) is 10.1. The summed E-state index contributed by atoms with van der Waals surface area (Å²) in [6.45, 7) is 3.49. The maximum Gasteiger partial charge on any atom is 0.407 e. The average molecular weight is 269 g/mol. The summed E-state index contributed by atoms with van der Waals surface area (Å²) in [5.74, 6) is 0.289. The van der Waals surface area contributed by atoms with Gasteiger partial charge >= 0.3 is 6.09 Å². The maximum absolute atomic E-state index is 12.7. The Morgan fingerprint density at radius 1 is 1.53 bits per heavy atom. The maximum atomic E-state index is 12.7. The molecule has 1 amide bonds. The molecule has 0 aromatic carbocycles. The lowest BCUT2D eigenvalue weighted by Gasteiger charge is -2.18. The summed E-state index contributed by atoms with van der Waals surface area (Å²) < 4.78 is 17.7. The summed E-state index contributed by atoms with van der Waals surface area (Å²) in [5, 5.41) is 2.65. The smallest absolute Gasteiger partial charge is 0.407 e. The fourth-order valence-corrected chi connectivity index (χ4v) is 1.39. The molecule has 6 heteroatoms. The predicted molar refractivity (Wildman–Crippen MR) is 71.7 cm³/mol. The van der Waals surface area contributed by atoms with E-state index in [0.717, 1.165) is 19.0 Å². The van der Waals surface area contributed by atoms with Gasteiger partial charge in [-0.15, -0.1) is 0 Å². The lowest BCUT2D eigenvalue weighted by atomic mass is 10.4. The molecule has 0 bridgehead atoms. The Labute approximate surface area is 112 Å². The van der Waals surface area contributed by atoms with Crippen LogP contribution < -0.4 is 10.2 Å². The molecular formula is C13H20FN3O2. The lowest BCUT2D eigenvalue weighted by molar-refractivity contribution is 0.145. The molecule has 0 aliphatic heterocycles. The number of hydrogen-bond donors (Lipinski definition) is 1. The molecule has 106 valence electrons. The van der Waals surface area contributed by atoms with Crippen molar-refractivity contribution < 1.29 is 13.9 Å². The third-order valence-corrected chi connectivity index (χ3v) is 2.55. The van der Waals surface area contributed by atoms with Crippen LogP contribution in [-0.4, -0.2) is 37.8 Å². The van der Waals surface area contributed by atoms with Crippen LogP contribution in [0.2, 0.25) is 0 Å². The number of likely N-dealkylation sites (N-methyl/N-ethyl adjacent to an activating group) is 1. The Balaban J connectivity index is 2.21. The molecule has 0 saturated carbocycles. The van der Waals surface area contributed by atoms with Crippen molar-refractivity contribution in [3.05, 3.63) is 24.1 Å². The second-order valence-corrected chi connectivity index (χ2v) is 4.17. The van der Waals surface area contributed by atoms with Crippen molar-refractivity contribution in [1.29, 1.82) is 0 Å². The Hall–Kier alpha value is -1.85. The molecule has 1 rings (SSSR count). The van der Waals surface area contributed by atoms with Gasteiger partial charge in [0.2, 0.25) is 0 Å². The van der Waals surface area contributed by atoms with Gasteiger partial charge in [0.1, 0.15) is 11.6 Å². The van der Waals surface area contributed by atoms with Crippen LogP contribution in [0.15, 0.2) is 18.3 Å². The van der Waals surface area contributed by atoms with E-state index in [9.17, 15) is 9.18 Å². The van der Waals surface area contributed by atoms with Gasteiger partial charge in [0.05, 0.1) is 12.8 Å². The van der Waals surface area contributed by atoms with Crippen LogP contribution in [-0.2, 0) is 4.74 Å². The Morgan fingerprint density at radius 3 is 2.95 bits per heavy atom. The van der Waals surface area contributed by atoms with Crippen LogP contribution in [0.25, 0.3) is 0 Å². The number of anilines is 1. The number of alkyl carbamates (subject to hydrolysis) is 1. The number of nitrogens with one attached hydrogen (secondary N) is 1. The molecule has 0 spiro atoms. The summed E-state index contributed by atoms with van der Waals surface area (Å²) in [5.41, 5.74) is 0. The Kier molecular flexibility index (Phi) is 6.63. The molecule has 0 fully saturated rings. The largest absolute Gasteiger partial charge is 0.450 e. The van der Waals surface area contributed by atoms with E-state index >= 15 is 0 Å². The summed E-state index contributed by atoms with van der Waals surface area (Å²) in [4.78, 5) is 17.0. The van der Waals surface area contributed by atoms with E-state index in [1.165, 1.54) is 6.07 Å². The molecule has 0 aliphatic carbocycles. The zero-order valence-electron chi connectivity index (χ0n) is 11.4. The van der Waals surface area contributed by atoms with E-state index in [4.69, 9.17) is 4.74 Å². The molecule has 1 aromatic rings. The summed E-state index contributed by atoms with van der Waals surface area (Å²) in [7, 11) is 1.82. The van der Waals surface area contributed by atoms with Gasteiger partial charge in [0, 0.05) is 20.1 Å². The summed E-state index contributed by atoms with van der Waals surface area (Å²) in [6, 6.07) is 2.94. The lowest BCUT2D eigenvalue weighted by Crippen LogP contribution is -2.33. The number of nitrogens with zero attached hydrogens (tertiary/aromatic N) is 2. The number of carbonyl (C=O) groups is 1. The highest BCUT2D eigenvalue weighted by atomic mass is 19.1. The van der Waals surface area contributed by atoms with E-state index in [-0.39, 0.29) is 5.82 Å². The fourth-order valence-electron chi connectivity index (χ4n) is 1.39. The number of amides is 1. The highest BCUT2D eigenvalue weighted by Crippen LogP contribution is 2.07. The molecule has 0 aliphatic rings. The molecule has 0 atom stereocenters. The van der Waals surface area contributed by atoms with Crippen molar-refractivity contribution in [3.63, 3.8) is 0 Å². The molecular weight excluding hydrogens is 249 g/mol. The minimum absolute atomic E-state index is 0.366. The summed E-state index contributed by atoms with van der Waals surface area (Å²) in [6.07, 6.45) is 2.62. The van der Waals surface area contributed by atoms with Gasteiger partial charge < -0.3 is 15.0 Å². The highest BCUT2D eigenvalue weighted by molar-refractivity contribution is 5.67. The van der Waals surface area contributed by atoms with Crippen molar-refractivity contribution >= 4 is 11.9 Å². The standard InChI is InChI=1S/C13H20FN3O2/c1-3-4-9-19-13(18)15-7-8-17(2)12-6-5-11(14)10-16-12/h5-6,10H,3-4,7-9H2,1-2H3,(H,15,18). The number of carbonyl (C=O) groups excluding carboxylic acids is 1. The van der Waals surface area contributed by atoms with E-state index < -0.39 is 6.09 Å². The predicted octanol–water partition coefficient (Wildman–Crippen LogP) is 2.18. The molecule has 19 heavy (non-hydrogen) atoms. The van der Waals surface area contributed by atoms with Crippen molar-refractivity contribution in [2.24, 2.45) is 0 Å². The molecule has 0 saturated heterocycles. The zero-order chi connectivity index (χ0) is 14.1. The highest BCUT2D eigenvalue weighted by Gasteiger charge is 2.04. The van der Waals surface area contributed by atoms with Crippen molar-refractivity contribution in [2.45, 2.75) is 19.8 Å². The van der Waals surface area contributed by atoms with Crippen LogP contribution in [0.4, 0.5) is 15.0 Å². The van der Waals surface area contributed by atoms with Gasteiger partial charge in [-0.2, -0.15) is 0 Å². The molecule has 1 N–H and O–H groups in total. The second-order valence-electron chi connectivity index (χ2n) is 4.17.